The highest BCUT2D eigenvalue weighted by Gasteiger charge is 2.10. The molecule has 20 heavy (non-hydrogen) atoms. The second-order valence-corrected chi connectivity index (χ2v) is 5.76. The molecular weight excluding hydrogens is 266 g/mol. The van der Waals surface area contributed by atoms with Gasteiger partial charge in [0.1, 0.15) is 0 Å². The molecule has 0 saturated heterocycles. The number of pyridine rings is 1. The van der Waals surface area contributed by atoms with Gasteiger partial charge in [-0.15, -0.1) is 11.3 Å². The molecule has 0 radical (unpaired) electrons. The van der Waals surface area contributed by atoms with Crippen LogP contribution in [-0.2, 0) is 6.42 Å². The van der Waals surface area contributed by atoms with Gasteiger partial charge in [-0.05, 0) is 36.4 Å². The molecule has 2 heterocycles. The monoisotopic (exact) mass is 281 g/mol. The zero-order valence-corrected chi connectivity index (χ0v) is 11.9. The van der Waals surface area contributed by atoms with Crippen LogP contribution in [0.5, 0.6) is 0 Å². The van der Waals surface area contributed by atoms with Crippen LogP contribution in [0.2, 0.25) is 0 Å². The molecule has 0 bridgehead atoms. The first-order chi connectivity index (χ1) is 9.84. The smallest absolute Gasteiger partial charge is 0.163 e. The second-order valence-electron chi connectivity index (χ2n) is 4.73. The summed E-state index contributed by atoms with van der Waals surface area (Å²) in [6.07, 6.45) is 4.22. The Morgan fingerprint density at radius 3 is 2.90 bits per heavy atom. The summed E-state index contributed by atoms with van der Waals surface area (Å²) in [6, 6.07) is 13.8. The Kier molecular flexibility index (Phi) is 3.88. The standard InChI is InChI=1S/C17H15NOS/c19-17(10-1-5-13-6-4-12-20-13)15-7-2-9-16-14(15)8-3-11-18-16/h2-4,6-9,11-12H,1,5,10H2. The molecular formula is C17H15NOS. The summed E-state index contributed by atoms with van der Waals surface area (Å²) in [5.74, 6) is 0.208. The van der Waals surface area contributed by atoms with Crippen LogP contribution in [-0.4, -0.2) is 10.8 Å². The lowest BCUT2D eigenvalue weighted by Crippen LogP contribution is -2.01. The van der Waals surface area contributed by atoms with E-state index in [2.05, 4.69) is 22.5 Å². The van der Waals surface area contributed by atoms with Crippen molar-refractivity contribution in [2.45, 2.75) is 19.3 Å². The molecule has 0 unspecified atom stereocenters. The maximum Gasteiger partial charge on any atom is 0.163 e. The van der Waals surface area contributed by atoms with E-state index in [9.17, 15) is 4.79 Å². The summed E-state index contributed by atoms with van der Waals surface area (Å²) in [4.78, 5) is 18.0. The van der Waals surface area contributed by atoms with E-state index in [1.807, 2.05) is 30.3 Å². The van der Waals surface area contributed by atoms with Crippen molar-refractivity contribution in [3.05, 3.63) is 64.5 Å². The predicted octanol–water partition coefficient (Wildman–Crippen LogP) is 4.50. The van der Waals surface area contributed by atoms with Crippen molar-refractivity contribution in [1.82, 2.24) is 4.98 Å². The van der Waals surface area contributed by atoms with Gasteiger partial charge in [0.2, 0.25) is 0 Å². The Labute approximate surface area is 122 Å². The maximum absolute atomic E-state index is 12.4. The number of aromatic nitrogens is 1. The number of aryl methyl sites for hydroxylation is 1. The number of hydrogen-bond acceptors (Lipinski definition) is 3. The fourth-order valence-electron chi connectivity index (χ4n) is 2.36. The third-order valence-electron chi connectivity index (χ3n) is 3.35. The fraction of sp³-hybridized carbons (Fsp3) is 0.176. The van der Waals surface area contributed by atoms with Crippen molar-refractivity contribution in [3.8, 4) is 0 Å². The normalized spacial score (nSPS) is 10.8. The number of benzene rings is 1. The summed E-state index contributed by atoms with van der Waals surface area (Å²) in [6.45, 7) is 0. The first-order valence-corrected chi connectivity index (χ1v) is 7.62. The van der Waals surface area contributed by atoms with E-state index in [4.69, 9.17) is 0 Å². The van der Waals surface area contributed by atoms with Crippen LogP contribution in [0.1, 0.15) is 28.1 Å². The molecule has 0 atom stereocenters. The highest BCUT2D eigenvalue weighted by molar-refractivity contribution is 7.09. The Bertz CT molecular complexity index is 713. The van der Waals surface area contributed by atoms with Crippen molar-refractivity contribution in [1.29, 1.82) is 0 Å². The first-order valence-electron chi connectivity index (χ1n) is 6.74. The van der Waals surface area contributed by atoms with E-state index in [0.717, 1.165) is 29.3 Å². The summed E-state index contributed by atoms with van der Waals surface area (Å²) in [5, 5.41) is 3.03. The van der Waals surface area contributed by atoms with E-state index in [-0.39, 0.29) is 5.78 Å². The highest BCUT2D eigenvalue weighted by atomic mass is 32.1. The minimum atomic E-state index is 0.208. The highest BCUT2D eigenvalue weighted by Crippen LogP contribution is 2.19. The van der Waals surface area contributed by atoms with Gasteiger partial charge < -0.3 is 0 Å². The molecule has 0 N–H and O–H groups in total. The van der Waals surface area contributed by atoms with Gasteiger partial charge in [-0.2, -0.15) is 0 Å². The summed E-state index contributed by atoms with van der Waals surface area (Å²) in [5.41, 5.74) is 1.68. The zero-order valence-electron chi connectivity index (χ0n) is 11.1. The third kappa shape index (κ3) is 2.78. The number of thiophene rings is 1. The van der Waals surface area contributed by atoms with Crippen molar-refractivity contribution in [2.75, 3.05) is 0 Å². The Hall–Kier alpha value is -2.00. The SMILES string of the molecule is O=C(CCCc1cccs1)c1cccc2ncccc12. The Morgan fingerprint density at radius 1 is 1.10 bits per heavy atom. The minimum Gasteiger partial charge on any atom is -0.294 e. The number of carbonyl (C=O) groups is 1. The van der Waals surface area contributed by atoms with Gasteiger partial charge >= 0.3 is 0 Å². The lowest BCUT2D eigenvalue weighted by molar-refractivity contribution is 0.0982. The van der Waals surface area contributed by atoms with Gasteiger partial charge in [0.25, 0.3) is 0 Å². The lowest BCUT2D eigenvalue weighted by atomic mass is 10.0. The number of carbonyl (C=O) groups excluding carboxylic acids is 1. The minimum absolute atomic E-state index is 0.208. The van der Waals surface area contributed by atoms with Gasteiger partial charge in [0.15, 0.2) is 5.78 Å². The van der Waals surface area contributed by atoms with Crippen LogP contribution >= 0.6 is 11.3 Å². The average molecular weight is 281 g/mol. The van der Waals surface area contributed by atoms with E-state index in [0.29, 0.717) is 6.42 Å². The number of Topliss-reactive ketones (excluding diaryl/α,β-unsaturated/α-hetero) is 1. The molecule has 3 rings (SSSR count). The molecule has 0 fully saturated rings. The third-order valence-corrected chi connectivity index (χ3v) is 4.29. The van der Waals surface area contributed by atoms with Crippen molar-refractivity contribution >= 4 is 28.0 Å². The number of nitrogens with zero attached hydrogens (tertiary/aromatic N) is 1. The van der Waals surface area contributed by atoms with Crippen LogP contribution in [0.25, 0.3) is 10.9 Å². The summed E-state index contributed by atoms with van der Waals surface area (Å²) in [7, 11) is 0. The fourth-order valence-corrected chi connectivity index (χ4v) is 3.11. The van der Waals surface area contributed by atoms with Crippen LogP contribution in [0.4, 0.5) is 0 Å². The van der Waals surface area contributed by atoms with Crippen molar-refractivity contribution in [2.24, 2.45) is 0 Å². The van der Waals surface area contributed by atoms with Gasteiger partial charge in [-0.3, -0.25) is 9.78 Å². The molecule has 0 aliphatic rings. The molecule has 0 amide bonds. The number of hydrogen-bond donors (Lipinski definition) is 0. The van der Waals surface area contributed by atoms with E-state index >= 15 is 0 Å². The van der Waals surface area contributed by atoms with E-state index in [1.54, 1.807) is 17.5 Å². The molecule has 3 heteroatoms. The molecule has 0 spiro atoms. The molecule has 0 aliphatic heterocycles. The molecule has 0 aliphatic carbocycles. The van der Waals surface area contributed by atoms with Gasteiger partial charge in [0, 0.05) is 28.4 Å². The summed E-state index contributed by atoms with van der Waals surface area (Å²) >= 11 is 1.75. The van der Waals surface area contributed by atoms with E-state index < -0.39 is 0 Å². The van der Waals surface area contributed by atoms with Gasteiger partial charge in [-0.1, -0.05) is 24.3 Å². The molecule has 2 aromatic heterocycles. The first kappa shape index (κ1) is 13.0. The molecule has 2 nitrogen and oxygen atoms in total. The zero-order chi connectivity index (χ0) is 13.8. The maximum atomic E-state index is 12.4. The molecule has 3 aromatic rings. The Morgan fingerprint density at radius 2 is 2.05 bits per heavy atom. The number of fused-ring (bicyclic) bond motifs is 1. The van der Waals surface area contributed by atoms with Crippen LogP contribution < -0.4 is 0 Å². The average Bonchev–Trinajstić information content (AvgIpc) is 3.00. The van der Waals surface area contributed by atoms with Crippen LogP contribution in [0.15, 0.2) is 54.0 Å². The van der Waals surface area contributed by atoms with Crippen LogP contribution in [0, 0.1) is 0 Å². The quantitative estimate of drug-likeness (QED) is 0.644. The molecule has 0 saturated carbocycles. The Balaban J connectivity index is 1.72. The number of ketones is 1. The summed E-state index contributed by atoms with van der Waals surface area (Å²) < 4.78 is 0. The van der Waals surface area contributed by atoms with E-state index in [1.165, 1.54) is 4.88 Å². The van der Waals surface area contributed by atoms with Gasteiger partial charge in [0.05, 0.1) is 5.52 Å². The van der Waals surface area contributed by atoms with Crippen molar-refractivity contribution in [3.63, 3.8) is 0 Å². The predicted molar refractivity (Wildman–Crippen MR) is 83.3 cm³/mol. The second kappa shape index (κ2) is 5.97. The van der Waals surface area contributed by atoms with Crippen LogP contribution in [0.3, 0.4) is 0 Å². The van der Waals surface area contributed by atoms with Crippen molar-refractivity contribution < 1.29 is 4.79 Å². The topological polar surface area (TPSA) is 30.0 Å². The molecule has 100 valence electrons. The number of rotatable bonds is 5. The largest absolute Gasteiger partial charge is 0.294 e. The lowest BCUT2D eigenvalue weighted by Gasteiger charge is -2.05. The van der Waals surface area contributed by atoms with Gasteiger partial charge in [-0.25, -0.2) is 0 Å². The molecule has 1 aromatic carbocycles.